The van der Waals surface area contributed by atoms with Gasteiger partial charge in [-0.2, -0.15) is 0 Å². The number of carbonyl (C=O) groups is 1. The van der Waals surface area contributed by atoms with Gasteiger partial charge in [0.05, 0.1) is 5.69 Å². The highest BCUT2D eigenvalue weighted by molar-refractivity contribution is 6.92. The molecule has 4 aliphatic heterocycles. The average molecular weight is 501 g/mol. The molecule has 4 fully saturated rings. The minimum absolute atomic E-state index is 0.0871. The minimum Gasteiger partial charge on any atom is -0.383 e. The van der Waals surface area contributed by atoms with Crippen LogP contribution in [0.15, 0.2) is 29.3 Å². The second-order valence-corrected chi connectivity index (χ2v) is 13.3. The molecule has 1 amide bonds. The van der Waals surface area contributed by atoms with Crippen LogP contribution in [0.2, 0.25) is 23.3 Å². The van der Waals surface area contributed by atoms with Gasteiger partial charge in [-0.1, -0.05) is 106 Å². The predicted molar refractivity (Wildman–Crippen MR) is 160 cm³/mol. The lowest BCUT2D eigenvalue weighted by Gasteiger charge is -2.51. The summed E-state index contributed by atoms with van der Waals surface area (Å²) in [4.78, 5) is 24.9. The fourth-order valence-corrected chi connectivity index (χ4v) is 8.60. The number of aliphatic imine (C=N–C) groups is 1. The van der Waals surface area contributed by atoms with Crippen LogP contribution in [0.25, 0.3) is 0 Å². The van der Waals surface area contributed by atoms with Crippen LogP contribution in [0.1, 0.15) is 110 Å². The Hall–Kier alpha value is -1.71. The lowest BCUT2D eigenvalue weighted by atomic mass is 9.26. The van der Waals surface area contributed by atoms with E-state index in [4.69, 9.17) is 4.99 Å². The number of hydrogen-bond acceptors (Lipinski definition) is 2. The smallest absolute Gasteiger partial charge is 0.264 e. The summed E-state index contributed by atoms with van der Waals surface area (Å²) >= 11 is 0. The molecule has 37 heavy (non-hydrogen) atoms. The van der Waals surface area contributed by atoms with E-state index in [2.05, 4.69) is 68.6 Å². The van der Waals surface area contributed by atoms with Gasteiger partial charge < -0.3 is 4.81 Å². The third-order valence-electron chi connectivity index (χ3n) is 10.2. The fourth-order valence-electron chi connectivity index (χ4n) is 8.60. The SMILES string of the molecule is Cc1ccc(N=C(N(B2C3CCCC2CCC3)C(C)C)N(C(=O)B2C3CCCC2CCC3)C(C)C)cc1. The zero-order valence-corrected chi connectivity index (χ0v) is 24.2. The van der Waals surface area contributed by atoms with Crippen LogP contribution >= 0.6 is 0 Å². The molecule has 4 aliphatic rings. The number of hydrogen-bond donors (Lipinski definition) is 0. The van der Waals surface area contributed by atoms with E-state index in [-0.39, 0.29) is 12.8 Å². The number of amides is 1. The van der Waals surface area contributed by atoms with E-state index in [9.17, 15) is 4.79 Å². The van der Waals surface area contributed by atoms with E-state index in [0.717, 1.165) is 23.3 Å². The Morgan fingerprint density at radius 3 is 1.65 bits per heavy atom. The molecular weight excluding hydrogens is 452 g/mol. The standard InChI is InChI=1S/C31H49B2N3O/c1-22(2)35(30(37)32-25-10-6-11-26(32)13-7-12-25)31(34-29-20-18-24(5)19-21-29)36(23(3)4)33-27-14-8-15-28(33)17-9-16-27/h18-23,25-28H,6-17H2,1-5H3. The number of fused-ring (bicyclic) bond motifs is 4. The van der Waals surface area contributed by atoms with Crippen molar-refractivity contribution in [2.45, 2.75) is 147 Å². The molecule has 0 aromatic heterocycles. The summed E-state index contributed by atoms with van der Waals surface area (Å²) in [7, 11) is 0. The highest BCUT2D eigenvalue weighted by Gasteiger charge is 2.50. The van der Waals surface area contributed by atoms with Crippen molar-refractivity contribution in [3.05, 3.63) is 29.8 Å². The van der Waals surface area contributed by atoms with E-state index in [1.807, 2.05) is 0 Å². The Labute approximate surface area is 227 Å². The molecular formula is C31H49B2N3O. The maximum atomic E-state index is 14.7. The Balaban J connectivity index is 1.59. The maximum absolute atomic E-state index is 14.7. The molecule has 6 heteroatoms. The third-order valence-corrected chi connectivity index (χ3v) is 10.2. The molecule has 4 saturated heterocycles. The van der Waals surface area contributed by atoms with Gasteiger partial charge in [0.2, 0.25) is 0 Å². The van der Waals surface area contributed by atoms with Gasteiger partial charge in [0.25, 0.3) is 13.6 Å². The van der Waals surface area contributed by atoms with Gasteiger partial charge in [0.1, 0.15) is 0 Å². The van der Waals surface area contributed by atoms with Crippen molar-refractivity contribution in [3.63, 3.8) is 0 Å². The Morgan fingerprint density at radius 2 is 1.22 bits per heavy atom. The molecule has 0 aliphatic carbocycles. The number of nitrogens with zero attached hydrogens (tertiary/aromatic N) is 3. The molecule has 0 unspecified atom stereocenters. The Bertz CT molecular complexity index is 918. The monoisotopic (exact) mass is 501 g/mol. The topological polar surface area (TPSA) is 35.9 Å². The summed E-state index contributed by atoms with van der Waals surface area (Å²) in [6.07, 6.45) is 15.5. The van der Waals surface area contributed by atoms with Crippen LogP contribution in [-0.2, 0) is 0 Å². The first kappa shape index (κ1) is 26.9. The second kappa shape index (κ2) is 11.6. The van der Waals surface area contributed by atoms with E-state index < -0.39 is 0 Å². The van der Waals surface area contributed by atoms with Crippen molar-refractivity contribution in [1.82, 2.24) is 9.71 Å². The molecule has 0 atom stereocenters. The summed E-state index contributed by atoms with van der Waals surface area (Å²) in [5.41, 5.74) is 2.21. The molecule has 4 nitrogen and oxygen atoms in total. The summed E-state index contributed by atoms with van der Waals surface area (Å²) in [6.45, 7) is 11.9. The number of carbonyl (C=O) groups excluding carboxylic acids is 1. The van der Waals surface area contributed by atoms with E-state index >= 15 is 0 Å². The second-order valence-electron chi connectivity index (χ2n) is 13.3. The number of benzene rings is 1. The summed E-state index contributed by atoms with van der Waals surface area (Å²) in [5, 5.41) is 0. The van der Waals surface area contributed by atoms with Crippen LogP contribution in [0, 0.1) is 6.92 Å². The number of guanidine groups is 1. The number of aryl methyl sites for hydroxylation is 1. The molecule has 0 radical (unpaired) electrons. The molecule has 0 N–H and O–H groups in total. The molecule has 4 heterocycles. The van der Waals surface area contributed by atoms with Gasteiger partial charge in [-0.15, -0.1) is 0 Å². The first-order valence-corrected chi connectivity index (χ1v) is 15.6. The summed E-state index contributed by atoms with van der Waals surface area (Å²) < 4.78 is 0. The van der Waals surface area contributed by atoms with E-state index in [1.165, 1.54) is 82.6 Å². The maximum Gasteiger partial charge on any atom is 0.264 e. The molecule has 200 valence electrons. The average Bonchev–Trinajstić information content (AvgIpc) is 2.84. The summed E-state index contributed by atoms with van der Waals surface area (Å²) in [6, 6.07) is 8.96. The Morgan fingerprint density at radius 1 is 0.757 bits per heavy atom. The molecule has 0 saturated carbocycles. The first-order chi connectivity index (χ1) is 17.8. The first-order valence-electron chi connectivity index (χ1n) is 15.6. The zero-order valence-electron chi connectivity index (χ0n) is 24.2. The molecule has 5 rings (SSSR count). The van der Waals surface area contributed by atoms with Crippen LogP contribution in [-0.4, -0.2) is 47.1 Å². The van der Waals surface area contributed by atoms with E-state index in [1.54, 1.807) is 0 Å². The van der Waals surface area contributed by atoms with Crippen LogP contribution in [0.4, 0.5) is 10.5 Å². The highest BCUT2D eigenvalue weighted by atomic mass is 16.2. The van der Waals surface area contributed by atoms with Crippen molar-refractivity contribution in [3.8, 4) is 0 Å². The Kier molecular flexibility index (Phi) is 8.41. The van der Waals surface area contributed by atoms with Gasteiger partial charge in [0.15, 0.2) is 11.8 Å². The van der Waals surface area contributed by atoms with Crippen LogP contribution in [0.5, 0.6) is 0 Å². The molecule has 1 aromatic carbocycles. The quantitative estimate of drug-likeness (QED) is 0.230. The summed E-state index contributed by atoms with van der Waals surface area (Å²) in [5.74, 6) is 3.85. The third kappa shape index (κ3) is 5.55. The van der Waals surface area contributed by atoms with Crippen molar-refractivity contribution < 1.29 is 4.79 Å². The van der Waals surface area contributed by atoms with Gasteiger partial charge in [-0.3, -0.25) is 9.69 Å². The lowest BCUT2D eigenvalue weighted by molar-refractivity contribution is 0.225. The molecule has 4 bridgehead atoms. The molecule has 1 aromatic rings. The molecule has 0 spiro atoms. The van der Waals surface area contributed by atoms with Crippen LogP contribution < -0.4 is 0 Å². The van der Waals surface area contributed by atoms with Gasteiger partial charge in [0, 0.05) is 12.1 Å². The van der Waals surface area contributed by atoms with Gasteiger partial charge in [-0.25, -0.2) is 4.99 Å². The van der Waals surface area contributed by atoms with Crippen LogP contribution in [0.3, 0.4) is 0 Å². The van der Waals surface area contributed by atoms with Gasteiger partial charge >= 0.3 is 0 Å². The van der Waals surface area contributed by atoms with E-state index in [0.29, 0.717) is 30.3 Å². The van der Waals surface area contributed by atoms with Crippen molar-refractivity contribution in [1.29, 1.82) is 0 Å². The fraction of sp³-hybridized carbons (Fsp3) is 0.742. The minimum atomic E-state index is 0.0871. The van der Waals surface area contributed by atoms with Crippen molar-refractivity contribution in [2.24, 2.45) is 4.99 Å². The largest absolute Gasteiger partial charge is 0.383 e. The zero-order chi connectivity index (χ0) is 26.1. The highest BCUT2D eigenvalue weighted by Crippen LogP contribution is 2.49. The van der Waals surface area contributed by atoms with Gasteiger partial charge in [-0.05, 0) is 58.4 Å². The lowest BCUT2D eigenvalue weighted by Crippen LogP contribution is -2.63. The predicted octanol–water partition coefficient (Wildman–Crippen LogP) is 8.81. The van der Waals surface area contributed by atoms with Crippen molar-refractivity contribution >= 4 is 31.0 Å². The number of rotatable bonds is 5. The normalized spacial score (nSPS) is 28.0. The van der Waals surface area contributed by atoms with Crippen molar-refractivity contribution in [2.75, 3.05) is 0 Å².